The van der Waals surface area contributed by atoms with Gasteiger partial charge in [0.05, 0.1) is 13.7 Å². The first kappa shape index (κ1) is 12.3. The van der Waals surface area contributed by atoms with E-state index in [1.54, 1.807) is 16.2 Å². The molecule has 0 unspecified atom stereocenters. The van der Waals surface area contributed by atoms with Crippen molar-refractivity contribution in [2.45, 2.75) is 13.5 Å². The Morgan fingerprint density at radius 3 is 2.59 bits per heavy atom. The number of carbonyl (C=O) groups excluding carboxylic acids is 1. The van der Waals surface area contributed by atoms with Crippen molar-refractivity contribution in [2.75, 3.05) is 33.3 Å². The van der Waals surface area contributed by atoms with Crippen molar-refractivity contribution >= 4 is 17.4 Å². The van der Waals surface area contributed by atoms with E-state index in [4.69, 9.17) is 4.74 Å². The zero-order chi connectivity index (χ0) is 12.3. The summed E-state index contributed by atoms with van der Waals surface area (Å²) in [6.45, 7) is 5.91. The van der Waals surface area contributed by atoms with Crippen molar-refractivity contribution in [2.24, 2.45) is 0 Å². The van der Waals surface area contributed by atoms with E-state index < -0.39 is 0 Å². The van der Waals surface area contributed by atoms with E-state index in [0.717, 1.165) is 29.6 Å². The van der Waals surface area contributed by atoms with Gasteiger partial charge in [-0.1, -0.05) is 0 Å². The van der Waals surface area contributed by atoms with Crippen LogP contribution in [0.5, 0.6) is 0 Å². The summed E-state index contributed by atoms with van der Waals surface area (Å²) in [5, 5.41) is 10.1. The standard InChI is InChI=1S/C10H16N4O2S/c1-8-11-12-9(17-8)7-13-3-5-14(6-4-13)10(15)16-2/h3-7H2,1-2H3. The van der Waals surface area contributed by atoms with E-state index in [1.807, 2.05) is 6.92 Å². The topological polar surface area (TPSA) is 58.6 Å². The van der Waals surface area contributed by atoms with Crippen LogP contribution in [0.3, 0.4) is 0 Å². The largest absolute Gasteiger partial charge is 0.453 e. The van der Waals surface area contributed by atoms with Crippen LogP contribution in [0, 0.1) is 6.92 Å². The molecule has 0 radical (unpaired) electrons. The second-order valence-electron chi connectivity index (χ2n) is 3.95. The van der Waals surface area contributed by atoms with Gasteiger partial charge in [-0.3, -0.25) is 4.90 Å². The molecule has 0 bridgehead atoms. The third-order valence-corrected chi connectivity index (χ3v) is 3.56. The maximum Gasteiger partial charge on any atom is 0.409 e. The second kappa shape index (κ2) is 5.42. The molecule has 1 fully saturated rings. The summed E-state index contributed by atoms with van der Waals surface area (Å²) >= 11 is 1.62. The van der Waals surface area contributed by atoms with Crippen LogP contribution in [0.25, 0.3) is 0 Å². The minimum atomic E-state index is -0.239. The van der Waals surface area contributed by atoms with E-state index in [-0.39, 0.29) is 6.09 Å². The number of hydrogen-bond acceptors (Lipinski definition) is 6. The fraction of sp³-hybridized carbons (Fsp3) is 0.700. The molecule has 1 amide bonds. The summed E-state index contributed by atoms with van der Waals surface area (Å²) in [5.41, 5.74) is 0. The number of rotatable bonds is 2. The Bertz CT molecular complexity index is 387. The van der Waals surface area contributed by atoms with E-state index in [2.05, 4.69) is 15.1 Å². The lowest BCUT2D eigenvalue weighted by Gasteiger charge is -2.33. The average molecular weight is 256 g/mol. The van der Waals surface area contributed by atoms with Crippen LogP contribution in [0.1, 0.15) is 10.0 Å². The van der Waals surface area contributed by atoms with Gasteiger partial charge in [0.2, 0.25) is 0 Å². The van der Waals surface area contributed by atoms with Crippen LogP contribution in [-0.2, 0) is 11.3 Å². The van der Waals surface area contributed by atoms with Gasteiger partial charge >= 0.3 is 6.09 Å². The lowest BCUT2D eigenvalue weighted by molar-refractivity contribution is 0.0888. The van der Waals surface area contributed by atoms with E-state index in [9.17, 15) is 4.79 Å². The van der Waals surface area contributed by atoms with Crippen molar-refractivity contribution < 1.29 is 9.53 Å². The monoisotopic (exact) mass is 256 g/mol. The molecular formula is C10H16N4O2S. The zero-order valence-electron chi connectivity index (χ0n) is 10.0. The first-order chi connectivity index (χ1) is 8.19. The Morgan fingerprint density at radius 1 is 1.35 bits per heavy atom. The lowest BCUT2D eigenvalue weighted by Crippen LogP contribution is -2.48. The van der Waals surface area contributed by atoms with Gasteiger partial charge in [0.1, 0.15) is 10.0 Å². The molecule has 1 aliphatic heterocycles. The number of aryl methyl sites for hydroxylation is 1. The fourth-order valence-corrected chi connectivity index (χ4v) is 2.56. The number of ether oxygens (including phenoxy) is 1. The predicted molar refractivity (Wildman–Crippen MR) is 63.9 cm³/mol. The van der Waals surface area contributed by atoms with Gasteiger partial charge in [-0.2, -0.15) is 0 Å². The Kier molecular flexibility index (Phi) is 3.90. The summed E-state index contributed by atoms with van der Waals surface area (Å²) < 4.78 is 4.69. The molecule has 0 saturated carbocycles. The Labute approximate surface area is 104 Å². The Hall–Kier alpha value is -1.21. The molecule has 0 atom stereocenters. The fourth-order valence-electron chi connectivity index (χ4n) is 1.81. The number of carbonyl (C=O) groups is 1. The van der Waals surface area contributed by atoms with Crippen LogP contribution in [-0.4, -0.2) is 59.4 Å². The van der Waals surface area contributed by atoms with Crippen LogP contribution < -0.4 is 0 Å². The number of hydrogen-bond donors (Lipinski definition) is 0. The van der Waals surface area contributed by atoms with E-state index in [1.165, 1.54) is 7.11 Å². The van der Waals surface area contributed by atoms with Crippen molar-refractivity contribution in [1.29, 1.82) is 0 Å². The maximum absolute atomic E-state index is 11.3. The number of methoxy groups -OCH3 is 1. The molecule has 0 aromatic carbocycles. The zero-order valence-corrected chi connectivity index (χ0v) is 10.9. The molecule has 0 aliphatic carbocycles. The van der Waals surface area contributed by atoms with Gasteiger partial charge in [-0.25, -0.2) is 4.79 Å². The van der Waals surface area contributed by atoms with Crippen molar-refractivity contribution in [1.82, 2.24) is 20.0 Å². The molecule has 0 spiro atoms. The molecule has 2 rings (SSSR count). The molecule has 1 saturated heterocycles. The highest BCUT2D eigenvalue weighted by Crippen LogP contribution is 2.12. The van der Waals surface area contributed by atoms with Gasteiger partial charge < -0.3 is 9.64 Å². The molecule has 94 valence electrons. The number of piperazine rings is 1. The normalized spacial score (nSPS) is 17.2. The smallest absolute Gasteiger partial charge is 0.409 e. The van der Waals surface area contributed by atoms with Gasteiger partial charge in [-0.15, -0.1) is 21.5 Å². The summed E-state index contributed by atoms with van der Waals surface area (Å²) in [7, 11) is 1.42. The molecule has 17 heavy (non-hydrogen) atoms. The number of nitrogens with zero attached hydrogens (tertiary/aromatic N) is 4. The third-order valence-electron chi connectivity index (χ3n) is 2.73. The highest BCUT2D eigenvalue weighted by molar-refractivity contribution is 7.11. The van der Waals surface area contributed by atoms with E-state index in [0.29, 0.717) is 13.1 Å². The first-order valence-electron chi connectivity index (χ1n) is 5.53. The Balaban J connectivity index is 1.81. The predicted octanol–water partition coefficient (Wildman–Crippen LogP) is 0.731. The summed E-state index contributed by atoms with van der Waals surface area (Å²) in [6.07, 6.45) is -0.239. The van der Waals surface area contributed by atoms with Gasteiger partial charge in [0.25, 0.3) is 0 Å². The molecule has 1 aromatic rings. The van der Waals surface area contributed by atoms with Crippen molar-refractivity contribution in [3.05, 3.63) is 10.0 Å². The van der Waals surface area contributed by atoms with Gasteiger partial charge in [0.15, 0.2) is 0 Å². The maximum atomic E-state index is 11.3. The molecule has 6 nitrogen and oxygen atoms in total. The molecule has 1 aliphatic rings. The minimum absolute atomic E-state index is 0.239. The quantitative estimate of drug-likeness (QED) is 0.780. The van der Waals surface area contributed by atoms with Crippen LogP contribution in [0.4, 0.5) is 4.79 Å². The Morgan fingerprint density at radius 2 is 2.06 bits per heavy atom. The van der Waals surface area contributed by atoms with Gasteiger partial charge in [0, 0.05) is 26.2 Å². The number of amides is 1. The second-order valence-corrected chi connectivity index (χ2v) is 5.21. The summed E-state index contributed by atoms with van der Waals surface area (Å²) in [6, 6.07) is 0. The summed E-state index contributed by atoms with van der Waals surface area (Å²) in [5.74, 6) is 0. The SMILES string of the molecule is COC(=O)N1CCN(Cc2nnc(C)s2)CC1. The summed E-state index contributed by atoms with van der Waals surface area (Å²) in [4.78, 5) is 15.3. The van der Waals surface area contributed by atoms with Crippen LogP contribution in [0.2, 0.25) is 0 Å². The first-order valence-corrected chi connectivity index (χ1v) is 6.35. The molecule has 1 aromatic heterocycles. The molecule has 2 heterocycles. The number of aromatic nitrogens is 2. The minimum Gasteiger partial charge on any atom is -0.453 e. The van der Waals surface area contributed by atoms with Crippen molar-refractivity contribution in [3.63, 3.8) is 0 Å². The lowest BCUT2D eigenvalue weighted by atomic mass is 10.3. The molecule has 7 heteroatoms. The average Bonchev–Trinajstić information content (AvgIpc) is 2.75. The van der Waals surface area contributed by atoms with Crippen molar-refractivity contribution in [3.8, 4) is 0 Å². The van der Waals surface area contributed by atoms with Crippen LogP contribution >= 0.6 is 11.3 Å². The van der Waals surface area contributed by atoms with E-state index >= 15 is 0 Å². The molecular weight excluding hydrogens is 240 g/mol. The highest BCUT2D eigenvalue weighted by Gasteiger charge is 2.21. The van der Waals surface area contributed by atoms with Crippen LogP contribution in [0.15, 0.2) is 0 Å². The molecule has 0 N–H and O–H groups in total. The highest BCUT2D eigenvalue weighted by atomic mass is 32.1. The third kappa shape index (κ3) is 3.13. The van der Waals surface area contributed by atoms with Gasteiger partial charge in [-0.05, 0) is 6.92 Å².